The third-order valence-corrected chi connectivity index (χ3v) is 5.46. The zero-order chi connectivity index (χ0) is 21.2. The van der Waals surface area contributed by atoms with Gasteiger partial charge in [0.05, 0.1) is 10.7 Å². The number of thiazole rings is 1. The third kappa shape index (κ3) is 9.54. The molecule has 2 heterocycles. The van der Waals surface area contributed by atoms with Gasteiger partial charge in [0, 0.05) is 30.7 Å². The van der Waals surface area contributed by atoms with Crippen LogP contribution in [-0.4, -0.2) is 29.1 Å². The number of carbonyl (C=O) groups is 2. The van der Waals surface area contributed by atoms with E-state index in [1.807, 2.05) is 38.3 Å². The van der Waals surface area contributed by atoms with Crippen LogP contribution < -0.4 is 0 Å². The number of aromatic nitrogens is 1. The van der Waals surface area contributed by atoms with Crippen LogP contribution in [0.2, 0.25) is 0 Å². The van der Waals surface area contributed by atoms with Gasteiger partial charge in [-0.25, -0.2) is 9.78 Å². The van der Waals surface area contributed by atoms with Crippen LogP contribution in [0.1, 0.15) is 57.2 Å². The lowest BCUT2D eigenvalue weighted by Crippen LogP contribution is -2.17. The first-order valence-corrected chi connectivity index (χ1v) is 11.5. The molecule has 1 aliphatic rings. The molecular formula is C22H28BrNO4S. The van der Waals surface area contributed by atoms with E-state index in [0.29, 0.717) is 19.3 Å². The number of ether oxygens (including phenoxy) is 2. The van der Waals surface area contributed by atoms with Gasteiger partial charge >= 0.3 is 11.9 Å². The van der Waals surface area contributed by atoms with Crippen LogP contribution in [0.25, 0.3) is 0 Å². The third-order valence-electron chi connectivity index (χ3n) is 4.28. The fourth-order valence-electron chi connectivity index (χ4n) is 3.02. The smallest absolute Gasteiger partial charge is 0.331 e. The van der Waals surface area contributed by atoms with Crippen LogP contribution in [0.5, 0.6) is 0 Å². The minimum absolute atomic E-state index is 0.166. The van der Waals surface area contributed by atoms with Crippen molar-refractivity contribution in [1.29, 1.82) is 0 Å². The molecule has 0 N–H and O–H groups in total. The molecule has 158 valence electrons. The van der Waals surface area contributed by atoms with E-state index in [9.17, 15) is 9.59 Å². The van der Waals surface area contributed by atoms with E-state index in [0.717, 1.165) is 40.0 Å². The zero-order valence-electron chi connectivity index (χ0n) is 17.2. The summed E-state index contributed by atoms with van der Waals surface area (Å²) in [6.07, 6.45) is 10.3. The van der Waals surface area contributed by atoms with E-state index in [4.69, 9.17) is 9.47 Å². The van der Waals surface area contributed by atoms with E-state index >= 15 is 0 Å². The summed E-state index contributed by atoms with van der Waals surface area (Å²) in [5.41, 5.74) is 2.03. The van der Waals surface area contributed by atoms with Gasteiger partial charge < -0.3 is 9.47 Å². The van der Waals surface area contributed by atoms with Crippen molar-refractivity contribution in [3.63, 3.8) is 0 Å². The van der Waals surface area contributed by atoms with Gasteiger partial charge in [0.15, 0.2) is 0 Å². The molecule has 0 radical (unpaired) electrons. The van der Waals surface area contributed by atoms with Gasteiger partial charge in [-0.2, -0.15) is 0 Å². The highest BCUT2D eigenvalue weighted by molar-refractivity contribution is 9.11. The van der Waals surface area contributed by atoms with Gasteiger partial charge in [0.2, 0.25) is 0 Å². The molecule has 2 unspecified atom stereocenters. The van der Waals surface area contributed by atoms with E-state index in [2.05, 4.69) is 20.9 Å². The molecule has 0 saturated heterocycles. The molecular weight excluding hydrogens is 454 g/mol. The fourth-order valence-corrected chi connectivity index (χ4v) is 4.19. The first-order chi connectivity index (χ1) is 13.8. The number of nitrogens with zero attached hydrogens (tertiary/aromatic N) is 1. The summed E-state index contributed by atoms with van der Waals surface area (Å²) in [4.78, 5) is 28.9. The lowest BCUT2D eigenvalue weighted by molar-refractivity contribution is -0.148. The molecule has 1 aromatic heterocycles. The second-order valence-electron chi connectivity index (χ2n) is 7.25. The molecule has 2 bridgehead atoms. The topological polar surface area (TPSA) is 65.5 Å². The largest absolute Gasteiger partial charge is 0.462 e. The number of cyclic esters (lactones) is 2. The Bertz CT molecular complexity index is 792. The summed E-state index contributed by atoms with van der Waals surface area (Å²) in [6.45, 7) is 5.73. The van der Waals surface area contributed by atoms with Crippen molar-refractivity contribution < 1.29 is 19.1 Å². The molecule has 0 aliphatic carbocycles. The monoisotopic (exact) mass is 481 g/mol. The normalized spacial score (nSPS) is 26.2. The van der Waals surface area contributed by atoms with E-state index < -0.39 is 5.97 Å². The molecule has 1 aromatic rings. The Morgan fingerprint density at radius 3 is 2.76 bits per heavy atom. The molecule has 1 aliphatic heterocycles. The number of aryl methyl sites for hydroxylation is 1. The van der Waals surface area contributed by atoms with Crippen molar-refractivity contribution in [2.24, 2.45) is 0 Å². The van der Waals surface area contributed by atoms with Gasteiger partial charge in [-0.05, 0) is 50.6 Å². The quantitative estimate of drug-likeness (QED) is 0.499. The first-order valence-electron chi connectivity index (χ1n) is 9.83. The van der Waals surface area contributed by atoms with Crippen molar-refractivity contribution in [1.82, 2.24) is 4.98 Å². The van der Waals surface area contributed by atoms with Gasteiger partial charge in [-0.15, -0.1) is 11.3 Å². The van der Waals surface area contributed by atoms with Crippen molar-refractivity contribution in [2.45, 2.75) is 71.5 Å². The summed E-state index contributed by atoms with van der Waals surface area (Å²) in [7, 11) is 0. The second-order valence-corrected chi connectivity index (χ2v) is 9.44. The Kier molecular flexibility index (Phi) is 9.81. The number of rotatable bonds is 1. The zero-order valence-corrected chi connectivity index (χ0v) is 19.6. The van der Waals surface area contributed by atoms with Crippen LogP contribution in [0.4, 0.5) is 0 Å². The number of hydrogen-bond acceptors (Lipinski definition) is 6. The highest BCUT2D eigenvalue weighted by Crippen LogP contribution is 2.18. The number of hydrogen-bond donors (Lipinski definition) is 0. The average Bonchev–Trinajstić information content (AvgIpc) is 3.04. The van der Waals surface area contributed by atoms with Gasteiger partial charge in [0.25, 0.3) is 0 Å². The van der Waals surface area contributed by atoms with Crippen LogP contribution in [-0.2, 0) is 31.9 Å². The Hall–Kier alpha value is -1.73. The summed E-state index contributed by atoms with van der Waals surface area (Å²) in [5, 5.41) is 2.96. The maximum absolute atomic E-state index is 12.2. The van der Waals surface area contributed by atoms with Crippen molar-refractivity contribution in [3.8, 4) is 0 Å². The molecule has 29 heavy (non-hydrogen) atoms. The lowest BCUT2D eigenvalue weighted by Gasteiger charge is -2.13. The predicted molar refractivity (Wildman–Crippen MR) is 119 cm³/mol. The number of esters is 2. The number of fused-ring (bicyclic) bond motifs is 2. The second kappa shape index (κ2) is 12.1. The van der Waals surface area contributed by atoms with E-state index in [-0.39, 0.29) is 18.2 Å². The summed E-state index contributed by atoms with van der Waals surface area (Å²) >= 11 is 4.98. The molecule has 0 aromatic carbocycles. The Balaban J connectivity index is 2.16. The number of halogens is 1. The van der Waals surface area contributed by atoms with Crippen LogP contribution >= 0.6 is 27.3 Å². The summed E-state index contributed by atoms with van der Waals surface area (Å²) in [6, 6.07) is 0. The molecule has 0 spiro atoms. The molecule has 7 heteroatoms. The lowest BCUT2D eigenvalue weighted by atomic mass is 10.1. The number of carbonyl (C=O) groups excluding carboxylic acids is 2. The molecule has 2 rings (SSSR count). The minimum Gasteiger partial charge on any atom is -0.462 e. The van der Waals surface area contributed by atoms with Crippen LogP contribution in [0.15, 0.2) is 39.7 Å². The molecule has 5 nitrogen and oxygen atoms in total. The van der Waals surface area contributed by atoms with Crippen molar-refractivity contribution in [3.05, 3.63) is 50.4 Å². The SMILES string of the molecule is C/C(Br)=C\C1Cc2nc(cs2)CCCCC(=O)OC(C)C/C(C)=C/C=C\C(=O)O1. The maximum Gasteiger partial charge on any atom is 0.331 e. The Morgan fingerprint density at radius 1 is 1.24 bits per heavy atom. The molecule has 0 saturated carbocycles. The van der Waals surface area contributed by atoms with Gasteiger partial charge in [-0.3, -0.25) is 4.79 Å². The highest BCUT2D eigenvalue weighted by Gasteiger charge is 2.15. The molecule has 0 amide bonds. The van der Waals surface area contributed by atoms with Crippen molar-refractivity contribution >= 4 is 39.2 Å². The summed E-state index contributed by atoms with van der Waals surface area (Å²) in [5.74, 6) is -0.570. The first kappa shape index (κ1) is 23.5. The standard InChI is InChI=1S/C22H28BrNO4S/c1-15-7-6-10-22(26)28-19(12-16(2)23)13-20-24-18(14-29-20)8-4-5-9-21(25)27-17(3)11-15/h6-7,10,12,14,17,19H,4-5,8-9,11,13H2,1-3H3/b10-6-,15-7+,16-12+. The molecule has 0 fully saturated rings. The van der Waals surface area contributed by atoms with Gasteiger partial charge in [-0.1, -0.05) is 33.7 Å². The summed E-state index contributed by atoms with van der Waals surface area (Å²) < 4.78 is 12.0. The Morgan fingerprint density at radius 2 is 2.00 bits per heavy atom. The maximum atomic E-state index is 12.2. The minimum atomic E-state index is -0.404. The average molecular weight is 482 g/mol. The van der Waals surface area contributed by atoms with E-state index in [1.165, 1.54) is 6.08 Å². The van der Waals surface area contributed by atoms with Crippen LogP contribution in [0, 0.1) is 0 Å². The van der Waals surface area contributed by atoms with Gasteiger partial charge in [0.1, 0.15) is 12.2 Å². The fraction of sp³-hybridized carbons (Fsp3) is 0.500. The molecule has 2 atom stereocenters. The van der Waals surface area contributed by atoms with E-state index in [1.54, 1.807) is 17.4 Å². The highest BCUT2D eigenvalue weighted by atomic mass is 79.9. The van der Waals surface area contributed by atoms with Crippen LogP contribution in [0.3, 0.4) is 0 Å². The van der Waals surface area contributed by atoms with Crippen molar-refractivity contribution in [2.75, 3.05) is 0 Å². The Labute approximate surface area is 185 Å². The number of allylic oxidation sites excluding steroid dienone is 3. The predicted octanol–water partition coefficient (Wildman–Crippen LogP) is 5.45.